The van der Waals surface area contributed by atoms with Crippen LogP contribution in [0.1, 0.15) is 48.0 Å². The van der Waals surface area contributed by atoms with Gasteiger partial charge in [0.25, 0.3) is 0 Å². The lowest BCUT2D eigenvalue weighted by molar-refractivity contribution is -0.517. The van der Waals surface area contributed by atoms with Gasteiger partial charge in [-0.3, -0.25) is 4.89 Å². The van der Waals surface area contributed by atoms with E-state index in [1.54, 1.807) is 0 Å². The molecule has 0 rings (SSSR count). The summed E-state index contributed by atoms with van der Waals surface area (Å²) < 4.78 is 0. The molecule has 0 heterocycles. The van der Waals surface area contributed by atoms with Crippen LogP contribution >= 0.6 is 0 Å². The third kappa shape index (κ3) is 7.43. The predicted molar refractivity (Wildman–Crippen MR) is 61.2 cm³/mol. The van der Waals surface area contributed by atoms with Crippen LogP contribution in [0.3, 0.4) is 0 Å². The molecular formula is C12H22O4. The molecule has 0 aliphatic heterocycles. The summed E-state index contributed by atoms with van der Waals surface area (Å²) in [6.07, 6.45) is 0.768. The largest absolute Gasteiger partial charge is 0.371 e. The van der Waals surface area contributed by atoms with E-state index >= 15 is 0 Å². The highest BCUT2D eigenvalue weighted by molar-refractivity contribution is 5.86. The lowest BCUT2D eigenvalue weighted by Gasteiger charge is -2.29. The molecule has 0 saturated carbocycles. The van der Waals surface area contributed by atoms with Crippen molar-refractivity contribution >= 4 is 5.97 Å². The fraction of sp³-hybridized carbons (Fsp3) is 0.750. The summed E-state index contributed by atoms with van der Waals surface area (Å²) in [5, 5.41) is 4.46. The highest BCUT2D eigenvalue weighted by Gasteiger charge is 2.28. The number of hydrogen-bond acceptors (Lipinski definition) is 4. The monoisotopic (exact) mass is 230 g/mol. The summed E-state index contributed by atoms with van der Waals surface area (Å²) in [6.45, 7) is 15.0. The van der Waals surface area contributed by atoms with Gasteiger partial charge >= 0.3 is 5.97 Å². The molecule has 94 valence electrons. The number of carbonyl (C=O) groups is 1. The van der Waals surface area contributed by atoms with Gasteiger partial charge in [0.2, 0.25) is 0 Å². The Morgan fingerprint density at radius 1 is 1.19 bits per heavy atom. The van der Waals surface area contributed by atoms with Crippen LogP contribution in [0, 0.1) is 5.41 Å². The fourth-order valence-electron chi connectivity index (χ4n) is 1.52. The maximum Gasteiger partial charge on any atom is 0.371 e. The summed E-state index contributed by atoms with van der Waals surface area (Å²) in [6, 6.07) is 0. The maximum absolute atomic E-state index is 11.0. The number of hydrogen-bond donors (Lipinski definition) is 0. The normalized spacial score (nSPS) is 12.4. The van der Waals surface area contributed by atoms with Crippen LogP contribution in [-0.2, 0) is 19.6 Å². The Morgan fingerprint density at radius 2 is 1.69 bits per heavy atom. The first kappa shape index (κ1) is 15.1. The second kappa shape index (κ2) is 5.46. The fourth-order valence-corrected chi connectivity index (χ4v) is 1.52. The number of rotatable bonds is 5. The van der Waals surface area contributed by atoms with Crippen molar-refractivity contribution in [1.29, 1.82) is 0 Å². The Hall–Kier alpha value is -0.870. The van der Waals surface area contributed by atoms with Crippen molar-refractivity contribution < 1.29 is 19.6 Å². The second-order valence-corrected chi connectivity index (χ2v) is 5.80. The maximum atomic E-state index is 11.0. The van der Waals surface area contributed by atoms with E-state index in [1.807, 2.05) is 13.8 Å². The van der Waals surface area contributed by atoms with Crippen LogP contribution in [0.15, 0.2) is 12.2 Å². The molecule has 0 bridgehead atoms. The molecule has 0 fully saturated rings. The standard InChI is InChI=1S/C12H22O4/c1-9(2)10(13)14-16-15-12(6,7)8-11(3,4)5/h1,8H2,2-7H3. The Labute approximate surface area is 97.4 Å². The van der Waals surface area contributed by atoms with E-state index in [9.17, 15) is 4.79 Å². The van der Waals surface area contributed by atoms with Gasteiger partial charge in [-0.25, -0.2) is 4.79 Å². The zero-order chi connectivity index (χ0) is 13.0. The van der Waals surface area contributed by atoms with E-state index in [0.717, 1.165) is 6.42 Å². The summed E-state index contributed by atoms with van der Waals surface area (Å²) in [7, 11) is 0. The van der Waals surface area contributed by atoms with Gasteiger partial charge < -0.3 is 0 Å². The predicted octanol–water partition coefficient (Wildman–Crippen LogP) is 3.18. The van der Waals surface area contributed by atoms with Gasteiger partial charge in [-0.2, -0.15) is 4.89 Å². The van der Waals surface area contributed by atoms with Crippen LogP contribution < -0.4 is 0 Å². The van der Waals surface area contributed by atoms with Crippen molar-refractivity contribution in [2.75, 3.05) is 0 Å². The first-order chi connectivity index (χ1) is 7.03. The van der Waals surface area contributed by atoms with Crippen LogP contribution in [0.4, 0.5) is 0 Å². The molecule has 0 unspecified atom stereocenters. The third-order valence-electron chi connectivity index (χ3n) is 1.67. The van der Waals surface area contributed by atoms with Crippen molar-refractivity contribution in [1.82, 2.24) is 0 Å². The molecule has 0 atom stereocenters. The van der Waals surface area contributed by atoms with Crippen molar-refractivity contribution in [2.45, 2.75) is 53.6 Å². The van der Waals surface area contributed by atoms with Crippen molar-refractivity contribution in [3.63, 3.8) is 0 Å². The minimum atomic E-state index is -0.633. The van der Waals surface area contributed by atoms with Crippen molar-refractivity contribution in [3.8, 4) is 0 Å². The molecule has 0 saturated heterocycles. The van der Waals surface area contributed by atoms with Gasteiger partial charge in [-0.1, -0.05) is 27.4 Å². The first-order valence-electron chi connectivity index (χ1n) is 5.26. The van der Waals surface area contributed by atoms with E-state index < -0.39 is 11.6 Å². The third-order valence-corrected chi connectivity index (χ3v) is 1.67. The molecule has 0 N–H and O–H groups in total. The van der Waals surface area contributed by atoms with Crippen molar-refractivity contribution in [3.05, 3.63) is 12.2 Å². The molecule has 0 aromatic heterocycles. The van der Waals surface area contributed by atoms with E-state index in [-0.39, 0.29) is 11.0 Å². The average molecular weight is 230 g/mol. The Balaban J connectivity index is 4.01. The zero-order valence-electron chi connectivity index (χ0n) is 11.0. The number of carbonyl (C=O) groups excluding carboxylic acids is 1. The molecular weight excluding hydrogens is 208 g/mol. The van der Waals surface area contributed by atoms with Crippen LogP contribution in [0.2, 0.25) is 0 Å². The SMILES string of the molecule is C=C(C)C(=O)OOOC(C)(C)CC(C)(C)C. The summed E-state index contributed by atoms with van der Waals surface area (Å²) in [5.74, 6) is -0.633. The van der Waals surface area contributed by atoms with E-state index in [1.165, 1.54) is 6.92 Å². The molecule has 0 aliphatic rings. The molecule has 16 heavy (non-hydrogen) atoms. The summed E-state index contributed by atoms with van der Waals surface area (Å²) >= 11 is 0. The van der Waals surface area contributed by atoms with Gasteiger partial charge in [0.05, 0.1) is 0 Å². The lowest BCUT2D eigenvalue weighted by atomic mass is 9.84. The van der Waals surface area contributed by atoms with Crippen LogP contribution in [0.5, 0.6) is 0 Å². The molecule has 0 aromatic carbocycles. The quantitative estimate of drug-likeness (QED) is 0.413. The molecule has 4 heteroatoms. The van der Waals surface area contributed by atoms with E-state index in [0.29, 0.717) is 0 Å². The topological polar surface area (TPSA) is 44.8 Å². The molecule has 0 spiro atoms. The lowest BCUT2D eigenvalue weighted by Crippen LogP contribution is -2.30. The van der Waals surface area contributed by atoms with Gasteiger partial charge in [-0.05, 0) is 37.6 Å². The van der Waals surface area contributed by atoms with Crippen LogP contribution in [-0.4, -0.2) is 11.6 Å². The van der Waals surface area contributed by atoms with Crippen LogP contribution in [0.25, 0.3) is 0 Å². The summed E-state index contributed by atoms with van der Waals surface area (Å²) in [5.41, 5.74) is -0.157. The Bertz CT molecular complexity index is 261. The molecule has 0 aliphatic carbocycles. The smallest absolute Gasteiger partial charge is 0.264 e. The van der Waals surface area contributed by atoms with Gasteiger partial charge in [0.15, 0.2) is 0 Å². The van der Waals surface area contributed by atoms with Gasteiger partial charge in [-0.15, -0.1) is 0 Å². The minimum absolute atomic E-state index is 0.102. The first-order valence-corrected chi connectivity index (χ1v) is 5.26. The minimum Gasteiger partial charge on any atom is -0.264 e. The summed E-state index contributed by atoms with van der Waals surface area (Å²) in [4.78, 5) is 20.4. The Kier molecular flexibility index (Phi) is 5.16. The zero-order valence-corrected chi connectivity index (χ0v) is 11.0. The Morgan fingerprint density at radius 3 is 2.06 bits per heavy atom. The molecule has 0 amide bonds. The molecule has 0 radical (unpaired) electrons. The highest BCUT2D eigenvalue weighted by Crippen LogP contribution is 2.29. The average Bonchev–Trinajstić information content (AvgIpc) is 1.98. The second-order valence-electron chi connectivity index (χ2n) is 5.80. The van der Waals surface area contributed by atoms with Crippen molar-refractivity contribution in [2.24, 2.45) is 5.41 Å². The van der Waals surface area contributed by atoms with E-state index in [4.69, 9.17) is 4.89 Å². The highest BCUT2D eigenvalue weighted by atomic mass is 17.5. The van der Waals surface area contributed by atoms with Gasteiger partial charge in [0, 0.05) is 5.57 Å². The van der Waals surface area contributed by atoms with E-state index in [2.05, 4.69) is 37.3 Å². The van der Waals surface area contributed by atoms with Gasteiger partial charge in [0.1, 0.15) is 5.60 Å². The molecule has 0 aromatic rings. The molecule has 4 nitrogen and oxygen atoms in total.